The SMILES string of the molecule is COc1ccc(Oc2cc(F)c(C(=O)NS(C)(=O)=O)cc2F)c(Cl)c1. The molecule has 6 nitrogen and oxygen atoms in total. The highest BCUT2D eigenvalue weighted by molar-refractivity contribution is 7.89. The second-order valence-corrected chi connectivity index (χ2v) is 7.02. The molecule has 0 saturated heterocycles. The van der Waals surface area contributed by atoms with Crippen LogP contribution in [0.15, 0.2) is 30.3 Å². The molecule has 1 N–H and O–H groups in total. The third kappa shape index (κ3) is 4.80. The summed E-state index contributed by atoms with van der Waals surface area (Å²) in [7, 11) is -2.49. The van der Waals surface area contributed by atoms with E-state index in [9.17, 15) is 22.0 Å². The Kier molecular flexibility index (Phi) is 5.48. The zero-order valence-electron chi connectivity index (χ0n) is 13.0. The minimum absolute atomic E-state index is 0.0362. The topological polar surface area (TPSA) is 81.7 Å². The van der Waals surface area contributed by atoms with Gasteiger partial charge in [0.2, 0.25) is 10.0 Å². The molecule has 0 atom stereocenters. The van der Waals surface area contributed by atoms with E-state index in [1.165, 1.54) is 25.3 Å². The van der Waals surface area contributed by atoms with Crippen LogP contribution in [0.1, 0.15) is 10.4 Å². The van der Waals surface area contributed by atoms with Crippen LogP contribution in [-0.2, 0) is 10.0 Å². The van der Waals surface area contributed by atoms with Crippen LogP contribution in [-0.4, -0.2) is 27.7 Å². The number of halogens is 3. The second-order valence-electron chi connectivity index (χ2n) is 4.86. The van der Waals surface area contributed by atoms with Crippen LogP contribution in [0.2, 0.25) is 5.02 Å². The first kappa shape index (κ1) is 18.9. The molecule has 0 unspecified atom stereocenters. The van der Waals surface area contributed by atoms with Crippen molar-refractivity contribution in [2.45, 2.75) is 0 Å². The number of nitrogens with one attached hydrogen (secondary N) is 1. The van der Waals surface area contributed by atoms with Crippen molar-refractivity contribution in [1.82, 2.24) is 4.72 Å². The van der Waals surface area contributed by atoms with Gasteiger partial charge in [0.05, 0.1) is 24.0 Å². The van der Waals surface area contributed by atoms with Gasteiger partial charge in [-0.2, -0.15) is 0 Å². The molecular formula is C15H12ClF2NO5S. The fourth-order valence-corrected chi connectivity index (χ4v) is 2.47. The fourth-order valence-electron chi connectivity index (χ4n) is 1.81. The molecule has 2 rings (SSSR count). The number of sulfonamides is 1. The second kappa shape index (κ2) is 7.24. The molecule has 1 amide bonds. The summed E-state index contributed by atoms with van der Waals surface area (Å²) in [5.41, 5.74) is -0.781. The van der Waals surface area contributed by atoms with Gasteiger partial charge in [-0.05, 0) is 18.2 Å². The third-order valence-electron chi connectivity index (χ3n) is 2.90. The minimum Gasteiger partial charge on any atom is -0.497 e. The van der Waals surface area contributed by atoms with E-state index >= 15 is 0 Å². The molecule has 0 aliphatic rings. The van der Waals surface area contributed by atoms with E-state index in [1.54, 1.807) is 4.72 Å². The number of hydrogen-bond acceptors (Lipinski definition) is 5. The van der Waals surface area contributed by atoms with Gasteiger partial charge in [0.25, 0.3) is 5.91 Å². The summed E-state index contributed by atoms with van der Waals surface area (Å²) in [6, 6.07) is 5.46. The van der Waals surface area contributed by atoms with Crippen molar-refractivity contribution in [3.8, 4) is 17.2 Å². The summed E-state index contributed by atoms with van der Waals surface area (Å²) in [5.74, 6) is -3.59. The van der Waals surface area contributed by atoms with Gasteiger partial charge in [0.1, 0.15) is 17.3 Å². The number of ether oxygens (including phenoxy) is 2. The Morgan fingerprint density at radius 3 is 2.36 bits per heavy atom. The van der Waals surface area contributed by atoms with E-state index < -0.39 is 38.9 Å². The van der Waals surface area contributed by atoms with Crippen LogP contribution in [0, 0.1) is 11.6 Å². The van der Waals surface area contributed by atoms with Crippen molar-refractivity contribution in [2.24, 2.45) is 0 Å². The molecule has 0 heterocycles. The first-order valence-electron chi connectivity index (χ1n) is 6.63. The molecule has 0 saturated carbocycles. The van der Waals surface area contributed by atoms with Gasteiger partial charge in [0.15, 0.2) is 11.6 Å². The number of benzene rings is 2. The molecule has 0 aliphatic carbocycles. The van der Waals surface area contributed by atoms with Crippen molar-refractivity contribution in [1.29, 1.82) is 0 Å². The quantitative estimate of drug-likeness (QED) is 0.847. The minimum atomic E-state index is -3.92. The summed E-state index contributed by atoms with van der Waals surface area (Å²) >= 11 is 5.95. The van der Waals surface area contributed by atoms with E-state index in [2.05, 4.69) is 0 Å². The Hall–Kier alpha value is -2.39. The number of carbonyl (C=O) groups is 1. The van der Waals surface area contributed by atoms with Crippen LogP contribution in [0.3, 0.4) is 0 Å². The van der Waals surface area contributed by atoms with Crippen molar-refractivity contribution >= 4 is 27.5 Å². The standard InChI is InChI=1S/C15H12ClF2NO5S/c1-23-8-3-4-13(10(16)5-8)24-14-7-11(17)9(6-12(14)18)15(20)19-25(2,21)22/h3-7H,1-2H3,(H,19,20). The van der Waals surface area contributed by atoms with Crippen LogP contribution >= 0.6 is 11.6 Å². The molecular weight excluding hydrogens is 380 g/mol. The Morgan fingerprint density at radius 2 is 1.80 bits per heavy atom. The van der Waals surface area contributed by atoms with Crippen LogP contribution in [0.4, 0.5) is 8.78 Å². The van der Waals surface area contributed by atoms with Gasteiger partial charge >= 0.3 is 0 Å². The number of carbonyl (C=O) groups excluding carboxylic acids is 1. The van der Waals surface area contributed by atoms with Gasteiger partial charge in [-0.15, -0.1) is 0 Å². The van der Waals surface area contributed by atoms with Crippen LogP contribution in [0.25, 0.3) is 0 Å². The van der Waals surface area contributed by atoms with E-state index in [-0.39, 0.29) is 10.8 Å². The summed E-state index contributed by atoms with van der Waals surface area (Å²) < 4.78 is 61.8. The molecule has 0 aliphatic heterocycles. The highest BCUT2D eigenvalue weighted by atomic mass is 35.5. The Bertz CT molecular complexity index is 934. The van der Waals surface area contributed by atoms with Gasteiger partial charge in [-0.3, -0.25) is 4.79 Å². The van der Waals surface area contributed by atoms with Gasteiger partial charge in [0, 0.05) is 12.1 Å². The molecule has 0 spiro atoms. The Morgan fingerprint density at radius 1 is 1.12 bits per heavy atom. The highest BCUT2D eigenvalue weighted by Gasteiger charge is 2.20. The first-order chi connectivity index (χ1) is 11.6. The maximum atomic E-state index is 14.1. The number of rotatable bonds is 5. The van der Waals surface area contributed by atoms with Gasteiger partial charge in [-0.1, -0.05) is 11.6 Å². The highest BCUT2D eigenvalue weighted by Crippen LogP contribution is 2.34. The summed E-state index contributed by atoms with van der Waals surface area (Å²) in [5, 5.41) is 0.0954. The summed E-state index contributed by atoms with van der Waals surface area (Å²) in [6.45, 7) is 0. The Balaban J connectivity index is 2.32. The van der Waals surface area contributed by atoms with Crippen LogP contribution < -0.4 is 14.2 Å². The number of methoxy groups -OCH3 is 1. The summed E-state index contributed by atoms with van der Waals surface area (Å²) in [4.78, 5) is 11.7. The lowest BCUT2D eigenvalue weighted by Crippen LogP contribution is -2.30. The maximum Gasteiger partial charge on any atom is 0.267 e. The molecule has 134 valence electrons. The molecule has 2 aromatic rings. The first-order valence-corrected chi connectivity index (χ1v) is 8.90. The predicted octanol–water partition coefficient (Wildman–Crippen LogP) is 3.11. The lowest BCUT2D eigenvalue weighted by atomic mass is 10.2. The molecule has 25 heavy (non-hydrogen) atoms. The number of hydrogen-bond donors (Lipinski definition) is 1. The van der Waals surface area contributed by atoms with Crippen molar-refractivity contribution < 1.29 is 31.5 Å². The lowest BCUT2D eigenvalue weighted by Gasteiger charge is -2.11. The van der Waals surface area contributed by atoms with Gasteiger partial charge in [-0.25, -0.2) is 21.9 Å². The van der Waals surface area contributed by atoms with Crippen LogP contribution in [0.5, 0.6) is 17.2 Å². The third-order valence-corrected chi connectivity index (χ3v) is 3.75. The molecule has 0 bridgehead atoms. The van der Waals surface area contributed by atoms with Gasteiger partial charge < -0.3 is 9.47 Å². The summed E-state index contributed by atoms with van der Waals surface area (Å²) in [6.07, 6.45) is 0.711. The Labute approximate surface area is 147 Å². The monoisotopic (exact) mass is 391 g/mol. The molecule has 0 aromatic heterocycles. The van der Waals surface area contributed by atoms with Crippen molar-refractivity contribution in [3.05, 3.63) is 52.6 Å². The lowest BCUT2D eigenvalue weighted by molar-refractivity contribution is 0.0977. The zero-order chi connectivity index (χ0) is 18.8. The normalized spacial score (nSPS) is 11.1. The van der Waals surface area contributed by atoms with E-state index in [0.29, 0.717) is 24.1 Å². The smallest absolute Gasteiger partial charge is 0.267 e. The average molecular weight is 392 g/mol. The fraction of sp³-hybridized carbons (Fsp3) is 0.133. The molecule has 0 radical (unpaired) electrons. The average Bonchev–Trinajstić information content (AvgIpc) is 2.50. The predicted molar refractivity (Wildman–Crippen MR) is 86.7 cm³/mol. The number of amides is 1. The molecule has 0 fully saturated rings. The maximum absolute atomic E-state index is 14.1. The van der Waals surface area contributed by atoms with E-state index in [1.807, 2.05) is 0 Å². The van der Waals surface area contributed by atoms with E-state index in [0.717, 1.165) is 0 Å². The molecule has 10 heteroatoms. The van der Waals surface area contributed by atoms with E-state index in [4.69, 9.17) is 21.1 Å². The largest absolute Gasteiger partial charge is 0.497 e. The molecule has 2 aromatic carbocycles. The van der Waals surface area contributed by atoms with Crippen molar-refractivity contribution in [2.75, 3.05) is 13.4 Å². The van der Waals surface area contributed by atoms with Crippen molar-refractivity contribution in [3.63, 3.8) is 0 Å². The zero-order valence-corrected chi connectivity index (χ0v) is 14.5.